The molecule has 0 saturated carbocycles. The molecule has 4 heteroatoms. The van der Waals surface area contributed by atoms with Crippen LogP contribution in [0.5, 0.6) is 0 Å². The molecule has 4 nitrogen and oxygen atoms in total. The molecule has 0 amide bonds. The number of nitrogens with zero attached hydrogens (tertiary/aromatic N) is 1. The van der Waals surface area contributed by atoms with Crippen LogP contribution in [0.3, 0.4) is 0 Å². The third kappa shape index (κ3) is 2.78. The fourth-order valence-electron chi connectivity index (χ4n) is 1.83. The molecule has 1 unspecified atom stereocenters. The maximum atomic E-state index is 10.8. The second-order valence-corrected chi connectivity index (χ2v) is 4.18. The highest BCUT2D eigenvalue weighted by Crippen LogP contribution is 2.13. The summed E-state index contributed by atoms with van der Waals surface area (Å²) in [4.78, 5) is 10.8. The van der Waals surface area contributed by atoms with Crippen LogP contribution >= 0.6 is 0 Å². The zero-order valence-electron chi connectivity index (χ0n) is 9.86. The monoisotopic (exact) mass is 245 g/mol. The third-order valence-electron chi connectivity index (χ3n) is 2.89. The average molecular weight is 245 g/mol. The fourth-order valence-corrected chi connectivity index (χ4v) is 1.83. The lowest BCUT2D eigenvalue weighted by molar-refractivity contribution is -0.143. The van der Waals surface area contributed by atoms with Gasteiger partial charge in [-0.2, -0.15) is 0 Å². The normalized spacial score (nSPS) is 12.3. The zero-order chi connectivity index (χ0) is 13.0. The molecule has 0 saturated heterocycles. The largest absolute Gasteiger partial charge is 0.481 e. The van der Waals surface area contributed by atoms with Gasteiger partial charge in [0.05, 0.1) is 12.5 Å². The molecule has 0 aliphatic heterocycles. The van der Waals surface area contributed by atoms with Crippen LogP contribution in [0.15, 0.2) is 48.8 Å². The van der Waals surface area contributed by atoms with Crippen molar-refractivity contribution in [2.24, 2.45) is 5.92 Å². The van der Waals surface area contributed by atoms with E-state index in [1.807, 2.05) is 53.4 Å². The first-order valence-electron chi connectivity index (χ1n) is 5.76. The second-order valence-electron chi connectivity index (χ2n) is 4.18. The van der Waals surface area contributed by atoms with E-state index in [-0.39, 0.29) is 6.61 Å². The minimum atomic E-state index is -0.966. The molecule has 0 spiro atoms. The number of carboxylic acid groups (broad SMARTS) is 1. The lowest BCUT2D eigenvalue weighted by atomic mass is 10.0. The minimum absolute atomic E-state index is 0.339. The Hall–Kier alpha value is -2.07. The molecule has 1 atom stereocenters. The Bertz CT molecular complexity index is 502. The van der Waals surface area contributed by atoms with Gasteiger partial charge in [0.15, 0.2) is 0 Å². The quantitative estimate of drug-likeness (QED) is 0.843. The molecule has 2 N–H and O–H groups in total. The van der Waals surface area contributed by atoms with Crippen LogP contribution in [-0.2, 0) is 11.2 Å². The Kier molecular flexibility index (Phi) is 3.79. The molecular weight excluding hydrogens is 230 g/mol. The lowest BCUT2D eigenvalue weighted by Crippen LogP contribution is -2.20. The van der Waals surface area contributed by atoms with Crippen molar-refractivity contribution in [1.29, 1.82) is 0 Å². The summed E-state index contributed by atoms with van der Waals surface area (Å²) in [6.45, 7) is -0.339. The predicted octanol–water partition coefficient (Wildman–Crippen LogP) is 1.71. The van der Waals surface area contributed by atoms with Crippen molar-refractivity contribution in [2.75, 3.05) is 6.61 Å². The van der Waals surface area contributed by atoms with Gasteiger partial charge in [-0.05, 0) is 36.2 Å². The van der Waals surface area contributed by atoms with E-state index in [9.17, 15) is 4.79 Å². The van der Waals surface area contributed by atoms with E-state index in [2.05, 4.69) is 0 Å². The highest BCUT2D eigenvalue weighted by atomic mass is 16.4. The summed E-state index contributed by atoms with van der Waals surface area (Å²) in [7, 11) is 0. The summed E-state index contributed by atoms with van der Waals surface area (Å²) in [5.74, 6) is -1.70. The SMILES string of the molecule is O=C(O)C(CO)Cc1ccc(-n2cccc2)cc1. The molecular formula is C14H15NO3. The van der Waals surface area contributed by atoms with Gasteiger partial charge in [-0.3, -0.25) is 4.79 Å². The van der Waals surface area contributed by atoms with Gasteiger partial charge < -0.3 is 14.8 Å². The number of aliphatic hydroxyl groups is 1. The van der Waals surface area contributed by atoms with E-state index in [0.29, 0.717) is 6.42 Å². The average Bonchev–Trinajstić information content (AvgIpc) is 2.90. The van der Waals surface area contributed by atoms with Crippen LogP contribution in [0.25, 0.3) is 5.69 Å². The van der Waals surface area contributed by atoms with Gasteiger partial charge >= 0.3 is 5.97 Å². The van der Waals surface area contributed by atoms with E-state index >= 15 is 0 Å². The highest BCUT2D eigenvalue weighted by molar-refractivity contribution is 5.70. The Morgan fingerprint density at radius 3 is 2.28 bits per heavy atom. The Morgan fingerprint density at radius 1 is 1.17 bits per heavy atom. The molecule has 18 heavy (non-hydrogen) atoms. The van der Waals surface area contributed by atoms with Crippen molar-refractivity contribution in [3.8, 4) is 5.69 Å². The van der Waals surface area contributed by atoms with Gasteiger partial charge in [-0.1, -0.05) is 12.1 Å². The maximum absolute atomic E-state index is 10.8. The Labute approximate surface area is 105 Å². The molecule has 0 aliphatic carbocycles. The number of benzene rings is 1. The molecule has 0 radical (unpaired) electrons. The van der Waals surface area contributed by atoms with Crippen molar-refractivity contribution in [2.45, 2.75) is 6.42 Å². The molecule has 2 rings (SSSR count). The maximum Gasteiger partial charge on any atom is 0.309 e. The van der Waals surface area contributed by atoms with Gasteiger partial charge in [0.1, 0.15) is 0 Å². The Morgan fingerprint density at radius 2 is 1.78 bits per heavy atom. The number of aliphatic carboxylic acids is 1. The number of aromatic nitrogens is 1. The van der Waals surface area contributed by atoms with E-state index in [1.54, 1.807) is 0 Å². The summed E-state index contributed by atoms with van der Waals surface area (Å²) in [6.07, 6.45) is 4.24. The van der Waals surface area contributed by atoms with Crippen molar-refractivity contribution in [3.63, 3.8) is 0 Å². The second kappa shape index (κ2) is 5.51. The number of hydrogen-bond acceptors (Lipinski definition) is 2. The van der Waals surface area contributed by atoms with Gasteiger partial charge in [-0.15, -0.1) is 0 Å². The minimum Gasteiger partial charge on any atom is -0.481 e. The Balaban J connectivity index is 2.10. The van der Waals surface area contributed by atoms with Crippen molar-refractivity contribution in [3.05, 3.63) is 54.4 Å². The van der Waals surface area contributed by atoms with Crippen LogP contribution < -0.4 is 0 Å². The smallest absolute Gasteiger partial charge is 0.309 e. The van der Waals surface area contributed by atoms with Gasteiger partial charge in [0.25, 0.3) is 0 Å². The predicted molar refractivity (Wildman–Crippen MR) is 67.7 cm³/mol. The summed E-state index contributed by atoms with van der Waals surface area (Å²) in [5.41, 5.74) is 1.94. The number of hydrogen-bond donors (Lipinski definition) is 2. The van der Waals surface area contributed by atoms with E-state index < -0.39 is 11.9 Å². The van der Waals surface area contributed by atoms with Crippen molar-refractivity contribution >= 4 is 5.97 Å². The molecule has 2 aromatic rings. The van der Waals surface area contributed by atoms with E-state index in [0.717, 1.165) is 11.3 Å². The number of rotatable bonds is 5. The molecule has 0 bridgehead atoms. The van der Waals surface area contributed by atoms with Crippen LogP contribution in [-0.4, -0.2) is 27.4 Å². The number of carbonyl (C=O) groups is 1. The summed E-state index contributed by atoms with van der Waals surface area (Å²) in [5, 5.41) is 17.9. The van der Waals surface area contributed by atoms with Gasteiger partial charge in [-0.25, -0.2) is 0 Å². The summed E-state index contributed by atoms with van der Waals surface area (Å²) < 4.78 is 1.98. The summed E-state index contributed by atoms with van der Waals surface area (Å²) in [6, 6.07) is 11.5. The van der Waals surface area contributed by atoms with E-state index in [1.165, 1.54) is 0 Å². The first-order chi connectivity index (χ1) is 8.70. The molecule has 1 aromatic heterocycles. The highest BCUT2D eigenvalue weighted by Gasteiger charge is 2.16. The van der Waals surface area contributed by atoms with Gasteiger partial charge in [0, 0.05) is 18.1 Å². The molecule has 1 heterocycles. The van der Waals surface area contributed by atoms with Crippen LogP contribution in [0.1, 0.15) is 5.56 Å². The van der Waals surface area contributed by atoms with Gasteiger partial charge in [0.2, 0.25) is 0 Å². The lowest BCUT2D eigenvalue weighted by Gasteiger charge is -2.10. The molecule has 1 aromatic carbocycles. The topological polar surface area (TPSA) is 62.5 Å². The van der Waals surface area contributed by atoms with Crippen LogP contribution in [0.4, 0.5) is 0 Å². The third-order valence-corrected chi connectivity index (χ3v) is 2.89. The van der Waals surface area contributed by atoms with Crippen LogP contribution in [0.2, 0.25) is 0 Å². The standard InChI is InChI=1S/C14H15NO3/c16-10-12(14(17)18)9-11-3-5-13(6-4-11)15-7-1-2-8-15/h1-8,12,16H,9-10H2,(H,17,18). The number of carboxylic acids is 1. The van der Waals surface area contributed by atoms with Crippen molar-refractivity contribution < 1.29 is 15.0 Å². The molecule has 94 valence electrons. The number of aliphatic hydroxyl groups excluding tert-OH is 1. The molecule has 0 fully saturated rings. The summed E-state index contributed by atoms with van der Waals surface area (Å²) >= 11 is 0. The van der Waals surface area contributed by atoms with E-state index in [4.69, 9.17) is 10.2 Å². The molecule has 0 aliphatic rings. The fraction of sp³-hybridized carbons (Fsp3) is 0.214. The first-order valence-corrected chi connectivity index (χ1v) is 5.76. The van der Waals surface area contributed by atoms with Crippen molar-refractivity contribution in [1.82, 2.24) is 4.57 Å². The van der Waals surface area contributed by atoms with Crippen LogP contribution in [0, 0.1) is 5.92 Å². The zero-order valence-corrected chi connectivity index (χ0v) is 9.86. The first kappa shape index (κ1) is 12.4.